The van der Waals surface area contributed by atoms with Gasteiger partial charge < -0.3 is 18.6 Å². The molecule has 0 aliphatic heterocycles. The van der Waals surface area contributed by atoms with Crippen molar-refractivity contribution in [2.75, 3.05) is 21.2 Å². The Balaban J connectivity index is 1.75. The van der Waals surface area contributed by atoms with Crippen LogP contribution in [0, 0.1) is 0 Å². The fourth-order valence-electron chi connectivity index (χ4n) is 2.79. The number of rotatable bonds is 4. The molecule has 2 aromatic carbocycles. The van der Waals surface area contributed by atoms with Crippen molar-refractivity contribution in [2.24, 2.45) is 0 Å². The van der Waals surface area contributed by atoms with E-state index in [4.69, 9.17) is 13.7 Å². The van der Waals surface area contributed by atoms with Crippen LogP contribution in [0.15, 0.2) is 57.7 Å². The molecule has 136 valence electrons. The zero-order valence-electron chi connectivity index (χ0n) is 15.1. The van der Waals surface area contributed by atoms with Crippen molar-refractivity contribution in [3.63, 3.8) is 0 Å². The maximum absolute atomic E-state index is 12.2. The van der Waals surface area contributed by atoms with Gasteiger partial charge in [0, 0.05) is 25.2 Å². The molecule has 0 aliphatic carbocycles. The molecule has 0 aliphatic rings. The van der Waals surface area contributed by atoms with Crippen LogP contribution in [0.4, 0.5) is 0 Å². The highest BCUT2D eigenvalue weighted by Gasteiger charge is 2.18. The van der Waals surface area contributed by atoms with Crippen LogP contribution >= 0.6 is 0 Å². The predicted octanol–water partition coefficient (Wildman–Crippen LogP) is 3.86. The van der Waals surface area contributed by atoms with Gasteiger partial charge in [0.2, 0.25) is 5.89 Å². The molecule has 2 heterocycles. The molecule has 27 heavy (non-hydrogen) atoms. The molecule has 7 heteroatoms. The van der Waals surface area contributed by atoms with Crippen LogP contribution in [0.5, 0.6) is 5.75 Å². The summed E-state index contributed by atoms with van der Waals surface area (Å²) in [4.78, 5) is 18.3. The van der Waals surface area contributed by atoms with E-state index in [2.05, 4.69) is 10.1 Å². The Kier molecular flexibility index (Phi) is 4.12. The van der Waals surface area contributed by atoms with Gasteiger partial charge in [0.15, 0.2) is 5.58 Å². The topological polar surface area (TPSA) is 81.6 Å². The number of methoxy groups -OCH3 is 1. The largest absolute Gasteiger partial charge is 0.497 e. The number of ether oxygens (including phenoxy) is 1. The summed E-state index contributed by atoms with van der Waals surface area (Å²) >= 11 is 0. The normalized spacial score (nSPS) is 10.9. The first-order valence-corrected chi connectivity index (χ1v) is 8.28. The first-order chi connectivity index (χ1) is 13.1. The molecule has 0 saturated heterocycles. The lowest BCUT2D eigenvalue weighted by molar-refractivity contribution is 0.0828. The van der Waals surface area contributed by atoms with Gasteiger partial charge in [-0.3, -0.25) is 4.79 Å². The molecule has 0 saturated carbocycles. The highest BCUT2D eigenvalue weighted by Crippen LogP contribution is 2.31. The van der Waals surface area contributed by atoms with Crippen molar-refractivity contribution in [1.29, 1.82) is 0 Å². The summed E-state index contributed by atoms with van der Waals surface area (Å²) in [5.74, 6) is 1.06. The Hall–Kier alpha value is -3.61. The second-order valence-electron chi connectivity index (χ2n) is 6.21. The lowest BCUT2D eigenvalue weighted by atomic mass is 10.1. The quantitative estimate of drug-likeness (QED) is 0.548. The molecule has 0 N–H and O–H groups in total. The molecule has 0 fully saturated rings. The predicted molar refractivity (Wildman–Crippen MR) is 99.5 cm³/mol. The molecule has 4 rings (SSSR count). The minimum Gasteiger partial charge on any atom is -0.497 e. The molecular weight excluding hydrogens is 346 g/mol. The smallest absolute Gasteiger partial charge is 0.253 e. The fourth-order valence-corrected chi connectivity index (χ4v) is 2.79. The molecular formula is C20H17N3O4. The second-order valence-corrected chi connectivity index (χ2v) is 6.21. The number of oxazole rings is 1. The first-order valence-electron chi connectivity index (χ1n) is 8.28. The summed E-state index contributed by atoms with van der Waals surface area (Å²) in [6, 6.07) is 12.6. The number of benzene rings is 2. The average molecular weight is 363 g/mol. The Morgan fingerprint density at radius 2 is 2.00 bits per heavy atom. The number of hydrogen-bond donors (Lipinski definition) is 0. The summed E-state index contributed by atoms with van der Waals surface area (Å²) in [6.45, 7) is 0. The Morgan fingerprint density at radius 3 is 2.78 bits per heavy atom. The number of nitrogens with zero attached hydrogens (tertiary/aromatic N) is 3. The summed E-state index contributed by atoms with van der Waals surface area (Å²) in [7, 11) is 5.02. The lowest BCUT2D eigenvalue weighted by Crippen LogP contribution is -2.21. The number of carbonyl (C=O) groups excluding carboxylic acids is 1. The SMILES string of the molecule is COc1cccc(-c2nc(-c3noc4ccc(C(=O)N(C)C)cc34)co2)c1. The minimum atomic E-state index is -0.0960. The fraction of sp³-hybridized carbons (Fsp3) is 0.150. The monoisotopic (exact) mass is 363 g/mol. The van der Waals surface area contributed by atoms with E-state index in [0.717, 1.165) is 5.56 Å². The maximum Gasteiger partial charge on any atom is 0.253 e. The van der Waals surface area contributed by atoms with E-state index in [1.807, 2.05) is 24.3 Å². The van der Waals surface area contributed by atoms with E-state index >= 15 is 0 Å². The van der Waals surface area contributed by atoms with Gasteiger partial charge in [0.05, 0.1) is 12.5 Å². The van der Waals surface area contributed by atoms with E-state index in [0.29, 0.717) is 39.6 Å². The summed E-state index contributed by atoms with van der Waals surface area (Å²) < 4.78 is 16.2. The Morgan fingerprint density at radius 1 is 1.15 bits per heavy atom. The van der Waals surface area contributed by atoms with Gasteiger partial charge in [-0.2, -0.15) is 0 Å². The average Bonchev–Trinajstić information content (AvgIpc) is 3.33. The highest BCUT2D eigenvalue weighted by atomic mass is 16.5. The first kappa shape index (κ1) is 16.8. The van der Waals surface area contributed by atoms with Crippen molar-refractivity contribution in [2.45, 2.75) is 0 Å². The van der Waals surface area contributed by atoms with Gasteiger partial charge >= 0.3 is 0 Å². The van der Waals surface area contributed by atoms with Crippen LogP contribution in [0.1, 0.15) is 10.4 Å². The molecule has 7 nitrogen and oxygen atoms in total. The van der Waals surface area contributed by atoms with Crippen LogP contribution in [-0.2, 0) is 0 Å². The van der Waals surface area contributed by atoms with Gasteiger partial charge in [-0.25, -0.2) is 4.98 Å². The minimum absolute atomic E-state index is 0.0960. The molecule has 0 unspecified atom stereocenters. The highest BCUT2D eigenvalue weighted by molar-refractivity contribution is 6.00. The molecule has 4 aromatic rings. The third-order valence-electron chi connectivity index (χ3n) is 4.19. The van der Waals surface area contributed by atoms with Crippen LogP contribution in [0.25, 0.3) is 33.8 Å². The number of carbonyl (C=O) groups is 1. The zero-order valence-corrected chi connectivity index (χ0v) is 15.1. The van der Waals surface area contributed by atoms with Crippen molar-refractivity contribution in [3.05, 3.63) is 54.3 Å². The number of aromatic nitrogens is 2. The van der Waals surface area contributed by atoms with Crippen LogP contribution in [0.3, 0.4) is 0 Å². The third kappa shape index (κ3) is 3.03. The molecule has 0 spiro atoms. The van der Waals surface area contributed by atoms with E-state index in [1.165, 1.54) is 11.2 Å². The van der Waals surface area contributed by atoms with Crippen molar-refractivity contribution < 1.29 is 18.5 Å². The van der Waals surface area contributed by atoms with Gasteiger partial charge in [-0.15, -0.1) is 0 Å². The molecule has 0 bridgehead atoms. The van der Waals surface area contributed by atoms with E-state index in [-0.39, 0.29) is 5.91 Å². The van der Waals surface area contributed by atoms with Crippen molar-refractivity contribution >= 4 is 16.9 Å². The summed E-state index contributed by atoms with van der Waals surface area (Å²) in [5, 5.41) is 4.81. The Labute approximate surface area is 155 Å². The number of fused-ring (bicyclic) bond motifs is 1. The second kappa shape index (κ2) is 6.60. The van der Waals surface area contributed by atoms with Gasteiger partial charge in [-0.1, -0.05) is 11.2 Å². The summed E-state index contributed by atoms with van der Waals surface area (Å²) in [6.07, 6.45) is 1.52. The number of amides is 1. The van der Waals surface area contributed by atoms with Crippen molar-refractivity contribution in [3.8, 4) is 28.6 Å². The van der Waals surface area contributed by atoms with Crippen LogP contribution < -0.4 is 4.74 Å². The van der Waals surface area contributed by atoms with Crippen LogP contribution in [-0.4, -0.2) is 42.2 Å². The van der Waals surface area contributed by atoms with Gasteiger partial charge in [0.25, 0.3) is 5.91 Å². The molecule has 1 amide bonds. The van der Waals surface area contributed by atoms with E-state index in [9.17, 15) is 4.79 Å². The van der Waals surface area contributed by atoms with Gasteiger partial charge in [0.1, 0.15) is 23.4 Å². The van der Waals surface area contributed by atoms with Crippen LogP contribution in [0.2, 0.25) is 0 Å². The maximum atomic E-state index is 12.2. The lowest BCUT2D eigenvalue weighted by Gasteiger charge is -2.09. The molecule has 2 aromatic heterocycles. The third-order valence-corrected chi connectivity index (χ3v) is 4.19. The van der Waals surface area contributed by atoms with E-state index in [1.54, 1.807) is 39.4 Å². The standard InChI is InChI=1S/C20H17N3O4/c1-23(2)20(24)13-7-8-17-15(10-13)18(22-27-17)16-11-26-19(21-16)12-5-4-6-14(9-12)25-3/h4-11H,1-3H3. The van der Waals surface area contributed by atoms with E-state index < -0.39 is 0 Å². The molecule has 0 radical (unpaired) electrons. The molecule has 0 atom stereocenters. The Bertz CT molecular complexity index is 1130. The summed E-state index contributed by atoms with van der Waals surface area (Å²) in [5.41, 5.74) is 2.97. The zero-order chi connectivity index (χ0) is 19.0. The number of hydrogen-bond acceptors (Lipinski definition) is 6. The van der Waals surface area contributed by atoms with Crippen molar-refractivity contribution in [1.82, 2.24) is 15.0 Å². The van der Waals surface area contributed by atoms with Gasteiger partial charge in [-0.05, 0) is 36.4 Å².